The van der Waals surface area contributed by atoms with Crippen molar-refractivity contribution in [3.05, 3.63) is 35.1 Å². The first-order chi connectivity index (χ1) is 12.5. The molecule has 26 heavy (non-hydrogen) atoms. The van der Waals surface area contributed by atoms with Gasteiger partial charge in [0.25, 0.3) is 0 Å². The largest absolute Gasteiger partial charge is 0.484 e. The molecule has 0 aliphatic carbocycles. The highest BCUT2D eigenvalue weighted by atomic mass is 35.5. The quantitative estimate of drug-likeness (QED) is 0.509. The third kappa shape index (κ3) is 5.01. The van der Waals surface area contributed by atoms with Gasteiger partial charge in [0.1, 0.15) is 18.1 Å². The van der Waals surface area contributed by atoms with Crippen LogP contribution < -0.4 is 4.74 Å². The Morgan fingerprint density at radius 2 is 1.92 bits per heavy atom. The summed E-state index contributed by atoms with van der Waals surface area (Å²) in [7, 11) is 0. The maximum Gasteiger partial charge on any atom is 0.192 e. The molecule has 1 atom stereocenters. The van der Waals surface area contributed by atoms with Gasteiger partial charge in [-0.2, -0.15) is 0 Å². The Kier molecular flexibility index (Phi) is 7.97. The molecule has 1 aromatic carbocycles. The fourth-order valence-electron chi connectivity index (χ4n) is 2.72. The zero-order valence-corrected chi connectivity index (χ0v) is 17.3. The number of rotatable bonds is 10. The fraction of sp³-hybridized carbons (Fsp3) is 0.526. The van der Waals surface area contributed by atoms with Crippen LogP contribution >= 0.6 is 23.4 Å². The summed E-state index contributed by atoms with van der Waals surface area (Å²) in [5.41, 5.74) is 0. The van der Waals surface area contributed by atoms with Crippen LogP contribution in [0.1, 0.15) is 58.8 Å². The molecule has 2 rings (SSSR count). The highest BCUT2D eigenvalue weighted by Crippen LogP contribution is 2.30. The van der Waals surface area contributed by atoms with E-state index in [1.807, 2.05) is 32.0 Å². The first-order valence-electron chi connectivity index (χ1n) is 9.02. The molecule has 0 fully saturated rings. The summed E-state index contributed by atoms with van der Waals surface area (Å²) in [6, 6.07) is 7.63. The van der Waals surface area contributed by atoms with Gasteiger partial charge in [-0.1, -0.05) is 56.3 Å². The number of benzene rings is 1. The van der Waals surface area contributed by atoms with Crippen LogP contribution in [0.2, 0.25) is 5.02 Å². The predicted octanol–water partition coefficient (Wildman–Crippen LogP) is 5.33. The molecule has 0 aliphatic heterocycles. The lowest BCUT2D eigenvalue weighted by atomic mass is 10.2. The summed E-state index contributed by atoms with van der Waals surface area (Å²) in [5, 5.41) is 9.86. The van der Waals surface area contributed by atoms with Gasteiger partial charge in [-0.25, -0.2) is 0 Å². The number of ketones is 1. The van der Waals surface area contributed by atoms with Gasteiger partial charge in [0, 0.05) is 12.5 Å². The number of hydrogen-bond donors (Lipinski definition) is 0. The van der Waals surface area contributed by atoms with Crippen LogP contribution in [0.25, 0.3) is 0 Å². The second-order valence-corrected chi connectivity index (χ2v) is 7.75. The average Bonchev–Trinajstić information content (AvgIpc) is 3.04. The summed E-state index contributed by atoms with van der Waals surface area (Å²) in [6.07, 6.45) is 2.43. The molecule has 0 saturated heterocycles. The SMILES string of the molecule is CCC(=O)C(C)Sc1nnc(COc2ccccc2Cl)n1C(CC)CC. The predicted molar refractivity (Wildman–Crippen MR) is 106 cm³/mol. The van der Waals surface area contributed by atoms with E-state index in [0.717, 1.165) is 23.8 Å². The van der Waals surface area contributed by atoms with Gasteiger partial charge in [0.2, 0.25) is 0 Å². The smallest absolute Gasteiger partial charge is 0.192 e. The number of Topliss-reactive ketones (excluding diaryl/α,β-unsaturated/α-hetero) is 1. The Morgan fingerprint density at radius 1 is 1.23 bits per heavy atom. The fourth-order valence-corrected chi connectivity index (χ4v) is 3.98. The summed E-state index contributed by atoms with van der Waals surface area (Å²) < 4.78 is 7.97. The van der Waals surface area contributed by atoms with Crippen molar-refractivity contribution >= 4 is 29.1 Å². The molecule has 0 saturated carbocycles. The van der Waals surface area contributed by atoms with Crippen molar-refractivity contribution in [3.8, 4) is 5.75 Å². The maximum absolute atomic E-state index is 12.0. The molecule has 7 heteroatoms. The second kappa shape index (κ2) is 9.97. The molecule has 0 aliphatic rings. The Bertz CT molecular complexity index is 731. The number of hydrogen-bond acceptors (Lipinski definition) is 5. The van der Waals surface area contributed by atoms with Gasteiger partial charge in [-0.05, 0) is 31.9 Å². The molecule has 1 aromatic heterocycles. The highest BCUT2D eigenvalue weighted by Gasteiger charge is 2.23. The van der Waals surface area contributed by atoms with E-state index >= 15 is 0 Å². The minimum atomic E-state index is -0.144. The molecule has 0 radical (unpaired) electrons. The number of halogens is 1. The number of aromatic nitrogens is 3. The number of para-hydroxylation sites is 1. The zero-order chi connectivity index (χ0) is 19.1. The molecule has 0 bridgehead atoms. The number of thioether (sulfide) groups is 1. The van der Waals surface area contributed by atoms with Gasteiger partial charge < -0.3 is 9.30 Å². The lowest BCUT2D eigenvalue weighted by Gasteiger charge is -2.20. The molecule has 1 heterocycles. The molecule has 1 unspecified atom stereocenters. The Hall–Kier alpha value is -1.53. The first-order valence-corrected chi connectivity index (χ1v) is 10.3. The number of carbonyl (C=O) groups excluding carboxylic acids is 1. The topological polar surface area (TPSA) is 57.0 Å². The standard InChI is InChI=1S/C19H26ClN3O2S/c1-5-14(6-2)23-18(12-25-17-11-9-8-10-15(17)20)21-22-19(23)26-13(4)16(24)7-3/h8-11,13-14H,5-7,12H2,1-4H3. The van der Waals surface area contributed by atoms with Crippen LogP contribution in [-0.4, -0.2) is 25.8 Å². The normalized spacial score (nSPS) is 12.4. The van der Waals surface area contributed by atoms with Crippen molar-refractivity contribution in [3.63, 3.8) is 0 Å². The summed E-state index contributed by atoms with van der Waals surface area (Å²) in [4.78, 5) is 12.0. The van der Waals surface area contributed by atoms with E-state index in [4.69, 9.17) is 16.3 Å². The van der Waals surface area contributed by atoms with Crippen molar-refractivity contribution < 1.29 is 9.53 Å². The summed E-state index contributed by atoms with van der Waals surface area (Å²) in [5.74, 6) is 1.58. The van der Waals surface area contributed by atoms with Crippen LogP contribution in [0, 0.1) is 0 Å². The third-order valence-corrected chi connectivity index (χ3v) is 5.74. The van der Waals surface area contributed by atoms with Crippen LogP contribution in [-0.2, 0) is 11.4 Å². The van der Waals surface area contributed by atoms with Crippen LogP contribution in [0.5, 0.6) is 5.75 Å². The van der Waals surface area contributed by atoms with E-state index in [1.54, 1.807) is 6.07 Å². The minimum Gasteiger partial charge on any atom is -0.484 e. The summed E-state index contributed by atoms with van der Waals surface area (Å²) >= 11 is 7.63. The lowest BCUT2D eigenvalue weighted by Crippen LogP contribution is -2.17. The van der Waals surface area contributed by atoms with Crippen molar-refractivity contribution in [1.29, 1.82) is 0 Å². The van der Waals surface area contributed by atoms with Crippen molar-refractivity contribution in [1.82, 2.24) is 14.8 Å². The Labute approximate surface area is 164 Å². The molecule has 142 valence electrons. The van der Waals surface area contributed by atoms with Crippen molar-refractivity contribution in [2.24, 2.45) is 0 Å². The number of nitrogens with zero attached hydrogens (tertiary/aromatic N) is 3. The molecule has 0 spiro atoms. The van der Waals surface area contributed by atoms with E-state index in [0.29, 0.717) is 17.2 Å². The van der Waals surface area contributed by atoms with Gasteiger partial charge in [-0.15, -0.1) is 10.2 Å². The molecule has 0 N–H and O–H groups in total. The summed E-state index contributed by atoms with van der Waals surface area (Å²) in [6.45, 7) is 8.37. The third-order valence-electron chi connectivity index (χ3n) is 4.32. The van der Waals surface area contributed by atoms with Crippen LogP contribution in [0.15, 0.2) is 29.4 Å². The molecular formula is C19H26ClN3O2S. The van der Waals surface area contributed by atoms with Gasteiger partial charge in [0.05, 0.1) is 10.3 Å². The highest BCUT2D eigenvalue weighted by molar-refractivity contribution is 8.00. The van der Waals surface area contributed by atoms with Gasteiger partial charge in [0.15, 0.2) is 11.0 Å². The van der Waals surface area contributed by atoms with Crippen LogP contribution in [0.4, 0.5) is 0 Å². The van der Waals surface area contributed by atoms with E-state index in [1.165, 1.54) is 11.8 Å². The van der Waals surface area contributed by atoms with E-state index in [-0.39, 0.29) is 23.7 Å². The van der Waals surface area contributed by atoms with Crippen molar-refractivity contribution in [2.45, 2.75) is 70.0 Å². The molecule has 0 amide bonds. The Morgan fingerprint density at radius 3 is 2.54 bits per heavy atom. The Balaban J connectivity index is 2.25. The number of carbonyl (C=O) groups is 1. The maximum atomic E-state index is 12.0. The van der Waals surface area contributed by atoms with Crippen molar-refractivity contribution in [2.75, 3.05) is 0 Å². The van der Waals surface area contributed by atoms with E-state index < -0.39 is 0 Å². The lowest BCUT2D eigenvalue weighted by molar-refractivity contribution is -0.118. The van der Waals surface area contributed by atoms with E-state index in [9.17, 15) is 4.79 Å². The minimum absolute atomic E-state index is 0.144. The average molecular weight is 396 g/mol. The monoisotopic (exact) mass is 395 g/mol. The zero-order valence-electron chi connectivity index (χ0n) is 15.7. The van der Waals surface area contributed by atoms with Gasteiger partial charge >= 0.3 is 0 Å². The number of ether oxygens (including phenoxy) is 1. The van der Waals surface area contributed by atoms with Gasteiger partial charge in [-0.3, -0.25) is 4.79 Å². The molecule has 2 aromatic rings. The van der Waals surface area contributed by atoms with Crippen LogP contribution in [0.3, 0.4) is 0 Å². The van der Waals surface area contributed by atoms with E-state index in [2.05, 4.69) is 28.6 Å². The molecule has 5 nitrogen and oxygen atoms in total. The first kappa shape index (κ1) is 20.8. The molecular weight excluding hydrogens is 370 g/mol. The second-order valence-electron chi connectivity index (χ2n) is 6.04.